The Hall–Kier alpha value is -0.135. The number of unbranched alkanes of at least 4 members (excludes halogenated alkanes) is 1. The molecular weight excluding hydrogens is 231 g/mol. The minimum absolute atomic E-state index is 0.181. The van der Waals surface area contributed by atoms with Crippen molar-refractivity contribution in [3.05, 3.63) is 0 Å². The van der Waals surface area contributed by atoms with E-state index in [4.69, 9.17) is 15.8 Å². The number of likely N-dealkylation sites (tertiary alicyclic amines) is 1. The average Bonchev–Trinajstić information content (AvgIpc) is 2.79. The van der Waals surface area contributed by atoms with Crippen LogP contribution in [0.4, 0.5) is 0 Å². The van der Waals surface area contributed by atoms with Crippen molar-refractivity contribution in [3.8, 4) is 0 Å². The molecule has 18 heavy (non-hydrogen) atoms. The molecule has 0 aromatic carbocycles. The van der Waals surface area contributed by atoms with Crippen molar-refractivity contribution >= 4 is 7.12 Å². The van der Waals surface area contributed by atoms with E-state index in [9.17, 15) is 5.11 Å². The van der Waals surface area contributed by atoms with Crippen LogP contribution in [0, 0.1) is 0 Å². The Labute approximate surface area is 110 Å². The monoisotopic (exact) mass is 258 g/mol. The number of hydrogen-bond donors (Lipinski definition) is 4. The molecule has 0 aromatic rings. The van der Waals surface area contributed by atoms with E-state index in [1.807, 2.05) is 0 Å². The summed E-state index contributed by atoms with van der Waals surface area (Å²) < 4.78 is 0. The van der Waals surface area contributed by atoms with Crippen LogP contribution in [0.25, 0.3) is 0 Å². The third-order valence-corrected chi connectivity index (χ3v) is 3.78. The lowest BCUT2D eigenvalue weighted by Crippen LogP contribution is -2.36. The summed E-state index contributed by atoms with van der Waals surface area (Å²) in [4.78, 5) is 2.33. The van der Waals surface area contributed by atoms with E-state index in [2.05, 4.69) is 4.90 Å². The molecule has 0 unspecified atom stereocenters. The van der Waals surface area contributed by atoms with Crippen LogP contribution in [0.5, 0.6) is 0 Å². The highest BCUT2D eigenvalue weighted by Gasteiger charge is 2.23. The largest absolute Gasteiger partial charge is 0.451 e. The van der Waals surface area contributed by atoms with Gasteiger partial charge in [-0.2, -0.15) is 0 Å². The maximum Gasteiger partial charge on any atom is 0.451 e. The molecule has 5 nitrogen and oxygen atoms in total. The fourth-order valence-corrected chi connectivity index (χ4v) is 2.61. The molecule has 1 rings (SSSR count). The fourth-order valence-electron chi connectivity index (χ4n) is 2.61. The topological polar surface area (TPSA) is 90.0 Å². The molecule has 1 aliphatic rings. The zero-order chi connectivity index (χ0) is 13.4. The van der Waals surface area contributed by atoms with Crippen molar-refractivity contribution in [2.75, 3.05) is 19.7 Å². The average molecular weight is 258 g/mol. The maximum atomic E-state index is 9.21. The Kier molecular flexibility index (Phi) is 7.85. The third kappa shape index (κ3) is 6.16. The Balaban J connectivity index is 2.04. The lowest BCUT2D eigenvalue weighted by Gasteiger charge is -2.24. The van der Waals surface area contributed by atoms with E-state index in [0.717, 1.165) is 45.2 Å². The van der Waals surface area contributed by atoms with Gasteiger partial charge < -0.3 is 20.9 Å². The van der Waals surface area contributed by atoms with Gasteiger partial charge in [0.2, 0.25) is 0 Å². The quantitative estimate of drug-likeness (QED) is 0.340. The van der Waals surface area contributed by atoms with Crippen LogP contribution in [0.1, 0.15) is 38.5 Å². The maximum absolute atomic E-state index is 9.21. The van der Waals surface area contributed by atoms with E-state index in [1.54, 1.807) is 0 Å². The van der Waals surface area contributed by atoms with Crippen LogP contribution in [-0.4, -0.2) is 59.0 Å². The predicted molar refractivity (Wildman–Crippen MR) is 73.1 cm³/mol. The molecular formula is C12H27BN2O3. The van der Waals surface area contributed by atoms with Gasteiger partial charge in [0.25, 0.3) is 0 Å². The standard InChI is InChI=1S/C12H27BN2O3/c14-11(4-1-2-7-13(17)18)6-9-15-8-3-5-12(15)10-16/h11-12,16-18H,1-10,14H2/t11-,12-/m0/s1. The van der Waals surface area contributed by atoms with Crippen LogP contribution in [0.3, 0.4) is 0 Å². The van der Waals surface area contributed by atoms with Crippen molar-refractivity contribution in [3.63, 3.8) is 0 Å². The normalized spacial score (nSPS) is 22.3. The van der Waals surface area contributed by atoms with Gasteiger partial charge in [0, 0.05) is 12.1 Å². The minimum atomic E-state index is -1.18. The summed E-state index contributed by atoms with van der Waals surface area (Å²) in [7, 11) is -1.18. The van der Waals surface area contributed by atoms with Crippen LogP contribution in [0.15, 0.2) is 0 Å². The van der Waals surface area contributed by atoms with Gasteiger partial charge >= 0.3 is 7.12 Å². The smallest absolute Gasteiger partial charge is 0.427 e. The first-order chi connectivity index (χ1) is 8.63. The van der Waals surface area contributed by atoms with E-state index < -0.39 is 7.12 Å². The van der Waals surface area contributed by atoms with Gasteiger partial charge in [0.1, 0.15) is 0 Å². The van der Waals surface area contributed by atoms with Gasteiger partial charge in [0.15, 0.2) is 0 Å². The van der Waals surface area contributed by atoms with E-state index in [-0.39, 0.29) is 12.6 Å². The Morgan fingerprint density at radius 1 is 1.28 bits per heavy atom. The summed E-state index contributed by atoms with van der Waals surface area (Å²) in [6.45, 7) is 2.30. The molecule has 0 spiro atoms. The highest BCUT2D eigenvalue weighted by atomic mass is 16.4. The molecule has 5 N–H and O–H groups in total. The van der Waals surface area contributed by atoms with Crippen molar-refractivity contribution in [1.82, 2.24) is 4.90 Å². The molecule has 0 radical (unpaired) electrons. The van der Waals surface area contributed by atoms with Crippen molar-refractivity contribution in [2.45, 2.75) is 56.9 Å². The molecule has 1 saturated heterocycles. The van der Waals surface area contributed by atoms with Crippen molar-refractivity contribution in [2.24, 2.45) is 5.73 Å². The van der Waals surface area contributed by atoms with Crippen LogP contribution in [-0.2, 0) is 0 Å². The number of aliphatic hydroxyl groups is 1. The molecule has 0 saturated carbocycles. The summed E-state index contributed by atoms with van der Waals surface area (Å²) in [6, 6.07) is 0.516. The zero-order valence-electron chi connectivity index (χ0n) is 11.2. The molecule has 0 aromatic heterocycles. The van der Waals surface area contributed by atoms with Crippen LogP contribution in [0.2, 0.25) is 6.32 Å². The number of aliphatic hydroxyl groups excluding tert-OH is 1. The van der Waals surface area contributed by atoms with Crippen molar-refractivity contribution in [1.29, 1.82) is 0 Å². The summed E-state index contributed by atoms with van der Waals surface area (Å²) in [5, 5.41) is 26.6. The Morgan fingerprint density at radius 3 is 2.72 bits per heavy atom. The molecule has 106 valence electrons. The molecule has 1 aliphatic heterocycles. The highest BCUT2D eigenvalue weighted by molar-refractivity contribution is 6.40. The SMILES string of the molecule is N[C@@H](CCCCB(O)O)CCN1CCC[C@H]1CO. The second-order valence-corrected chi connectivity index (χ2v) is 5.33. The Bertz CT molecular complexity index is 219. The first-order valence-electron chi connectivity index (χ1n) is 7.10. The second-order valence-electron chi connectivity index (χ2n) is 5.33. The molecule has 1 fully saturated rings. The molecule has 1 heterocycles. The molecule has 6 heteroatoms. The fraction of sp³-hybridized carbons (Fsp3) is 1.00. The number of hydrogen-bond acceptors (Lipinski definition) is 5. The molecule has 0 bridgehead atoms. The summed E-state index contributed by atoms with van der Waals surface area (Å²) >= 11 is 0. The first kappa shape index (κ1) is 15.9. The number of nitrogens with two attached hydrogens (primary N) is 1. The van der Waals surface area contributed by atoms with E-state index in [1.165, 1.54) is 6.42 Å². The van der Waals surface area contributed by atoms with Crippen LogP contribution < -0.4 is 5.73 Å². The highest BCUT2D eigenvalue weighted by Crippen LogP contribution is 2.17. The van der Waals surface area contributed by atoms with Gasteiger partial charge in [0.05, 0.1) is 6.61 Å². The number of rotatable bonds is 9. The van der Waals surface area contributed by atoms with Gasteiger partial charge in [-0.15, -0.1) is 0 Å². The third-order valence-electron chi connectivity index (χ3n) is 3.78. The van der Waals surface area contributed by atoms with E-state index in [0.29, 0.717) is 12.4 Å². The Morgan fingerprint density at radius 2 is 2.06 bits per heavy atom. The molecule has 2 atom stereocenters. The summed E-state index contributed by atoms with van der Waals surface area (Å²) in [5.74, 6) is 0. The lowest BCUT2D eigenvalue weighted by molar-refractivity contribution is 0.155. The minimum Gasteiger partial charge on any atom is -0.427 e. The van der Waals surface area contributed by atoms with Gasteiger partial charge in [-0.1, -0.05) is 12.8 Å². The first-order valence-corrected chi connectivity index (χ1v) is 7.10. The second kappa shape index (κ2) is 8.88. The number of nitrogens with zero attached hydrogens (tertiary/aromatic N) is 1. The predicted octanol–water partition coefficient (Wildman–Crippen LogP) is -0.196. The molecule has 0 aliphatic carbocycles. The van der Waals surface area contributed by atoms with Crippen LogP contribution >= 0.6 is 0 Å². The van der Waals surface area contributed by atoms with Gasteiger partial charge in [-0.3, -0.25) is 4.90 Å². The van der Waals surface area contributed by atoms with E-state index >= 15 is 0 Å². The van der Waals surface area contributed by atoms with Gasteiger partial charge in [-0.25, -0.2) is 0 Å². The summed E-state index contributed by atoms with van der Waals surface area (Å²) in [5.41, 5.74) is 6.04. The molecule has 0 amide bonds. The lowest BCUT2D eigenvalue weighted by atomic mass is 9.83. The zero-order valence-corrected chi connectivity index (χ0v) is 11.2. The van der Waals surface area contributed by atoms with Gasteiger partial charge in [-0.05, 0) is 45.1 Å². The summed E-state index contributed by atoms with van der Waals surface area (Å²) in [6.07, 6.45) is 6.36. The van der Waals surface area contributed by atoms with Crippen molar-refractivity contribution < 1.29 is 15.2 Å².